The first-order valence-electron chi connectivity index (χ1n) is 8.80. The minimum Gasteiger partial charge on any atom is -0.487 e. The molecular formula is C21H22N2O2. The van der Waals surface area contributed by atoms with Gasteiger partial charge in [-0.25, -0.2) is 0 Å². The molecule has 0 spiro atoms. The van der Waals surface area contributed by atoms with Crippen LogP contribution in [0.2, 0.25) is 0 Å². The topological polar surface area (TPSA) is 47.3 Å². The average Bonchev–Trinajstić information content (AvgIpc) is 3.15. The highest BCUT2D eigenvalue weighted by atomic mass is 16.5. The van der Waals surface area contributed by atoms with Crippen molar-refractivity contribution in [3.8, 4) is 5.75 Å². The summed E-state index contributed by atoms with van der Waals surface area (Å²) in [6.07, 6.45) is 6.97. The fourth-order valence-corrected chi connectivity index (χ4v) is 3.33. The van der Waals surface area contributed by atoms with Gasteiger partial charge in [0.15, 0.2) is 0 Å². The molecule has 1 unspecified atom stereocenters. The molecule has 1 atom stereocenters. The van der Waals surface area contributed by atoms with Gasteiger partial charge in [-0.3, -0.25) is 4.98 Å². The van der Waals surface area contributed by atoms with E-state index in [-0.39, 0.29) is 0 Å². The summed E-state index contributed by atoms with van der Waals surface area (Å²) in [7, 11) is 0. The molecule has 1 aromatic carbocycles. The molecule has 2 heterocycles. The molecule has 0 saturated heterocycles. The second-order valence-electron chi connectivity index (χ2n) is 6.38. The van der Waals surface area contributed by atoms with E-state index < -0.39 is 0 Å². The van der Waals surface area contributed by atoms with E-state index in [9.17, 15) is 0 Å². The molecular weight excluding hydrogens is 312 g/mol. The van der Waals surface area contributed by atoms with Crippen LogP contribution < -0.4 is 10.1 Å². The summed E-state index contributed by atoms with van der Waals surface area (Å²) in [6, 6.07) is 16.6. The maximum atomic E-state index is 5.86. The molecule has 128 valence electrons. The molecule has 4 rings (SSSR count). The lowest BCUT2D eigenvalue weighted by Crippen LogP contribution is -2.24. The number of benzene rings is 1. The van der Waals surface area contributed by atoms with Crippen molar-refractivity contribution in [1.82, 2.24) is 10.3 Å². The van der Waals surface area contributed by atoms with Crippen LogP contribution in [-0.2, 0) is 19.6 Å². The Balaban J connectivity index is 1.36. The van der Waals surface area contributed by atoms with E-state index in [2.05, 4.69) is 28.5 Å². The Labute approximate surface area is 147 Å². The molecule has 2 aromatic heterocycles. The summed E-state index contributed by atoms with van der Waals surface area (Å²) in [6.45, 7) is 1.30. The summed E-state index contributed by atoms with van der Waals surface area (Å²) in [5, 5.41) is 3.65. The van der Waals surface area contributed by atoms with Gasteiger partial charge in [0.1, 0.15) is 18.1 Å². The number of ether oxygens (including phenoxy) is 1. The lowest BCUT2D eigenvalue weighted by molar-refractivity contribution is 0.301. The summed E-state index contributed by atoms with van der Waals surface area (Å²) in [5.74, 6) is 2.01. The predicted molar refractivity (Wildman–Crippen MR) is 96.2 cm³/mol. The fourth-order valence-electron chi connectivity index (χ4n) is 3.33. The summed E-state index contributed by atoms with van der Waals surface area (Å²) in [4.78, 5) is 4.28. The van der Waals surface area contributed by atoms with Crippen LogP contribution in [0.5, 0.6) is 5.75 Å². The van der Waals surface area contributed by atoms with Gasteiger partial charge in [-0.15, -0.1) is 0 Å². The Kier molecular flexibility index (Phi) is 4.79. The number of aryl methyl sites for hydroxylation is 1. The summed E-state index contributed by atoms with van der Waals surface area (Å²) < 4.78 is 11.4. The smallest absolute Gasteiger partial charge is 0.130 e. The quantitative estimate of drug-likeness (QED) is 0.725. The Morgan fingerprint density at radius 1 is 1.16 bits per heavy atom. The van der Waals surface area contributed by atoms with E-state index in [0.717, 1.165) is 36.6 Å². The number of rotatable bonds is 6. The zero-order valence-corrected chi connectivity index (χ0v) is 14.2. The van der Waals surface area contributed by atoms with Gasteiger partial charge in [-0.1, -0.05) is 18.2 Å². The van der Waals surface area contributed by atoms with Crippen LogP contribution in [0.25, 0.3) is 0 Å². The van der Waals surface area contributed by atoms with Crippen LogP contribution in [0.3, 0.4) is 0 Å². The molecule has 0 aliphatic heterocycles. The monoisotopic (exact) mass is 334 g/mol. The number of furan rings is 1. The van der Waals surface area contributed by atoms with E-state index in [1.54, 1.807) is 12.5 Å². The Morgan fingerprint density at radius 3 is 3.08 bits per heavy atom. The van der Waals surface area contributed by atoms with E-state index in [4.69, 9.17) is 9.15 Å². The normalized spacial score (nSPS) is 16.4. The maximum Gasteiger partial charge on any atom is 0.130 e. The largest absolute Gasteiger partial charge is 0.487 e. The first kappa shape index (κ1) is 15.9. The van der Waals surface area contributed by atoms with Crippen molar-refractivity contribution < 1.29 is 9.15 Å². The Hall–Kier alpha value is -2.59. The maximum absolute atomic E-state index is 5.86. The first-order chi connectivity index (χ1) is 12.4. The van der Waals surface area contributed by atoms with Crippen LogP contribution in [0.4, 0.5) is 0 Å². The third-order valence-corrected chi connectivity index (χ3v) is 4.62. The molecule has 0 fully saturated rings. The molecule has 4 nitrogen and oxygen atoms in total. The number of hydrogen-bond acceptors (Lipinski definition) is 4. The predicted octanol–water partition coefficient (Wildman–Crippen LogP) is 4.42. The molecule has 1 aliphatic rings. The Morgan fingerprint density at radius 2 is 2.16 bits per heavy atom. The van der Waals surface area contributed by atoms with Gasteiger partial charge in [0.25, 0.3) is 0 Å². The van der Waals surface area contributed by atoms with Crippen LogP contribution in [0, 0.1) is 0 Å². The van der Waals surface area contributed by atoms with Gasteiger partial charge in [-0.05, 0) is 48.7 Å². The molecule has 4 heteroatoms. The van der Waals surface area contributed by atoms with E-state index in [0.29, 0.717) is 12.6 Å². The fraction of sp³-hybridized carbons (Fsp3) is 0.286. The van der Waals surface area contributed by atoms with Gasteiger partial charge in [0.05, 0.1) is 12.0 Å². The first-order valence-corrected chi connectivity index (χ1v) is 8.80. The van der Waals surface area contributed by atoms with Crippen LogP contribution >= 0.6 is 0 Å². The van der Waals surface area contributed by atoms with Crippen molar-refractivity contribution in [1.29, 1.82) is 0 Å². The molecule has 0 bridgehead atoms. The van der Waals surface area contributed by atoms with Crippen molar-refractivity contribution >= 4 is 0 Å². The van der Waals surface area contributed by atoms with Crippen molar-refractivity contribution in [3.63, 3.8) is 0 Å². The lowest BCUT2D eigenvalue weighted by Gasteiger charge is -2.23. The Bertz CT molecular complexity index is 814. The summed E-state index contributed by atoms with van der Waals surface area (Å²) >= 11 is 0. The SMILES string of the molecule is c1ccc(COc2cccc(CNC3CCCc4occc43)c2)nc1. The van der Waals surface area contributed by atoms with E-state index >= 15 is 0 Å². The lowest BCUT2D eigenvalue weighted by atomic mass is 9.93. The van der Waals surface area contributed by atoms with Crippen LogP contribution in [0.15, 0.2) is 65.4 Å². The highest BCUT2D eigenvalue weighted by molar-refractivity contribution is 5.29. The van der Waals surface area contributed by atoms with Crippen molar-refractivity contribution in [2.24, 2.45) is 0 Å². The molecule has 0 saturated carbocycles. The number of nitrogens with zero attached hydrogens (tertiary/aromatic N) is 1. The molecule has 1 aliphatic carbocycles. The zero-order chi connectivity index (χ0) is 16.9. The molecule has 0 amide bonds. The minimum atomic E-state index is 0.376. The molecule has 25 heavy (non-hydrogen) atoms. The van der Waals surface area contributed by atoms with Crippen LogP contribution in [0.1, 0.15) is 41.5 Å². The second-order valence-corrected chi connectivity index (χ2v) is 6.38. The number of aromatic nitrogens is 1. The number of fused-ring (bicyclic) bond motifs is 1. The van der Waals surface area contributed by atoms with E-state index in [1.165, 1.54) is 17.5 Å². The average molecular weight is 334 g/mol. The molecule has 1 N–H and O–H groups in total. The van der Waals surface area contributed by atoms with Gasteiger partial charge >= 0.3 is 0 Å². The van der Waals surface area contributed by atoms with Crippen molar-refractivity contribution in [3.05, 3.63) is 83.6 Å². The van der Waals surface area contributed by atoms with Gasteiger partial charge in [-0.2, -0.15) is 0 Å². The third kappa shape index (κ3) is 3.91. The number of pyridine rings is 1. The van der Waals surface area contributed by atoms with Gasteiger partial charge in [0, 0.05) is 30.8 Å². The zero-order valence-electron chi connectivity index (χ0n) is 14.2. The standard InChI is InChI=1S/C21H22N2O2/c1-2-11-22-17(6-1)15-25-18-7-3-5-16(13-18)14-23-20-8-4-9-21-19(20)10-12-24-21/h1-3,5-7,10-13,20,23H,4,8-9,14-15H2. The summed E-state index contributed by atoms with van der Waals surface area (Å²) in [5.41, 5.74) is 3.46. The molecule has 3 aromatic rings. The number of hydrogen-bond donors (Lipinski definition) is 1. The van der Waals surface area contributed by atoms with Crippen LogP contribution in [-0.4, -0.2) is 4.98 Å². The third-order valence-electron chi connectivity index (χ3n) is 4.62. The second kappa shape index (κ2) is 7.53. The van der Waals surface area contributed by atoms with Crippen molar-refractivity contribution in [2.45, 2.75) is 38.5 Å². The van der Waals surface area contributed by atoms with Crippen molar-refractivity contribution in [2.75, 3.05) is 0 Å². The van der Waals surface area contributed by atoms with E-state index in [1.807, 2.05) is 30.3 Å². The highest BCUT2D eigenvalue weighted by Crippen LogP contribution is 2.30. The number of nitrogens with one attached hydrogen (secondary N) is 1. The molecule has 0 radical (unpaired) electrons. The van der Waals surface area contributed by atoms with Gasteiger partial charge in [0.2, 0.25) is 0 Å². The minimum absolute atomic E-state index is 0.376. The highest BCUT2D eigenvalue weighted by Gasteiger charge is 2.21. The van der Waals surface area contributed by atoms with Gasteiger partial charge < -0.3 is 14.5 Å².